The minimum absolute atomic E-state index is 0.241. The Morgan fingerprint density at radius 3 is 2.74 bits per heavy atom. The van der Waals surface area contributed by atoms with Crippen molar-refractivity contribution in [1.29, 1.82) is 0 Å². The van der Waals surface area contributed by atoms with Crippen LogP contribution in [0.5, 0.6) is 0 Å². The molecule has 102 valence electrons. The molecule has 0 saturated heterocycles. The predicted octanol–water partition coefficient (Wildman–Crippen LogP) is 1.61. The first kappa shape index (κ1) is 13.5. The molecule has 0 aliphatic carbocycles. The maximum absolute atomic E-state index is 11.5. The third-order valence-electron chi connectivity index (χ3n) is 3.13. The fourth-order valence-electron chi connectivity index (χ4n) is 2.16. The third-order valence-corrected chi connectivity index (χ3v) is 3.13. The van der Waals surface area contributed by atoms with E-state index in [9.17, 15) is 9.90 Å². The lowest BCUT2D eigenvalue weighted by Crippen LogP contribution is -2.35. The van der Waals surface area contributed by atoms with Crippen LogP contribution < -0.4 is 5.32 Å². The number of amides is 1. The first-order valence-corrected chi connectivity index (χ1v) is 6.48. The van der Waals surface area contributed by atoms with Crippen LogP contribution in [-0.2, 0) is 11.3 Å². The number of imidazole rings is 1. The van der Waals surface area contributed by atoms with E-state index in [4.69, 9.17) is 0 Å². The van der Waals surface area contributed by atoms with Crippen molar-refractivity contribution in [3.63, 3.8) is 0 Å². The van der Waals surface area contributed by atoms with Gasteiger partial charge in [0.05, 0.1) is 17.1 Å². The van der Waals surface area contributed by atoms with Crippen molar-refractivity contribution in [2.75, 3.05) is 0 Å². The van der Waals surface area contributed by atoms with E-state index in [0.29, 0.717) is 0 Å². The molecule has 1 aromatic carbocycles. The molecule has 0 spiro atoms. The van der Waals surface area contributed by atoms with E-state index in [1.54, 1.807) is 0 Å². The van der Waals surface area contributed by atoms with Gasteiger partial charge in [-0.1, -0.05) is 12.1 Å². The number of nitrogens with zero attached hydrogens (tertiary/aromatic N) is 2. The van der Waals surface area contributed by atoms with Gasteiger partial charge in [-0.25, -0.2) is 4.98 Å². The molecule has 0 bridgehead atoms. The highest BCUT2D eigenvalue weighted by molar-refractivity contribution is 5.81. The number of aliphatic hydroxyl groups is 1. The number of nitrogens with one attached hydrogen (secondary N) is 1. The quantitative estimate of drug-likeness (QED) is 0.878. The molecule has 2 aromatic rings. The Kier molecular flexibility index (Phi) is 3.85. The van der Waals surface area contributed by atoms with Crippen LogP contribution in [0.15, 0.2) is 24.3 Å². The standard InChI is InChI=1S/C14H19N3O2/c1-4-17-12-8-6-5-7-11(12)16-13(17)9(2)15-14(19)10(3)18/h5-10,18H,4H2,1-3H3,(H,15,19). The molecule has 0 saturated carbocycles. The zero-order chi connectivity index (χ0) is 14.0. The summed E-state index contributed by atoms with van der Waals surface area (Å²) in [7, 11) is 0. The summed E-state index contributed by atoms with van der Waals surface area (Å²) in [5.74, 6) is 0.417. The van der Waals surface area contributed by atoms with E-state index in [2.05, 4.69) is 14.9 Å². The number of aromatic nitrogens is 2. The molecular formula is C14H19N3O2. The van der Waals surface area contributed by atoms with Gasteiger partial charge in [-0.2, -0.15) is 0 Å². The van der Waals surface area contributed by atoms with Crippen LogP contribution in [0.4, 0.5) is 0 Å². The van der Waals surface area contributed by atoms with Gasteiger partial charge in [-0.15, -0.1) is 0 Å². The van der Waals surface area contributed by atoms with Crippen molar-refractivity contribution in [1.82, 2.24) is 14.9 Å². The number of benzene rings is 1. The summed E-state index contributed by atoms with van der Waals surface area (Å²) in [5.41, 5.74) is 1.97. The average molecular weight is 261 g/mol. The number of rotatable bonds is 4. The molecule has 0 fully saturated rings. The summed E-state index contributed by atoms with van der Waals surface area (Å²) in [6.07, 6.45) is -1.01. The van der Waals surface area contributed by atoms with E-state index in [0.717, 1.165) is 23.4 Å². The maximum atomic E-state index is 11.5. The molecular weight excluding hydrogens is 242 g/mol. The van der Waals surface area contributed by atoms with Gasteiger partial charge in [-0.3, -0.25) is 4.79 Å². The van der Waals surface area contributed by atoms with Crippen molar-refractivity contribution in [2.24, 2.45) is 0 Å². The van der Waals surface area contributed by atoms with Gasteiger partial charge in [0, 0.05) is 6.54 Å². The highest BCUT2D eigenvalue weighted by atomic mass is 16.3. The van der Waals surface area contributed by atoms with E-state index in [-0.39, 0.29) is 11.9 Å². The fraction of sp³-hybridized carbons (Fsp3) is 0.429. The van der Waals surface area contributed by atoms with Crippen molar-refractivity contribution in [2.45, 2.75) is 39.5 Å². The second kappa shape index (κ2) is 5.40. The molecule has 19 heavy (non-hydrogen) atoms. The van der Waals surface area contributed by atoms with Crippen LogP contribution >= 0.6 is 0 Å². The SMILES string of the molecule is CCn1c(C(C)NC(=O)C(C)O)nc2ccccc21. The Morgan fingerprint density at radius 2 is 2.11 bits per heavy atom. The van der Waals surface area contributed by atoms with Gasteiger partial charge in [0.15, 0.2) is 0 Å². The van der Waals surface area contributed by atoms with E-state index in [1.165, 1.54) is 6.92 Å². The molecule has 5 nitrogen and oxygen atoms in total. The summed E-state index contributed by atoms with van der Waals surface area (Å²) in [6, 6.07) is 7.64. The first-order valence-electron chi connectivity index (χ1n) is 6.48. The normalized spacial score (nSPS) is 14.3. The molecule has 1 amide bonds. The number of fused-ring (bicyclic) bond motifs is 1. The van der Waals surface area contributed by atoms with Crippen LogP contribution in [0.1, 0.15) is 32.6 Å². The molecule has 1 heterocycles. The molecule has 2 rings (SSSR count). The van der Waals surface area contributed by atoms with Crippen molar-refractivity contribution in [3.8, 4) is 0 Å². The molecule has 5 heteroatoms. The smallest absolute Gasteiger partial charge is 0.249 e. The molecule has 0 aliphatic heterocycles. The summed E-state index contributed by atoms with van der Waals surface area (Å²) in [6.45, 7) is 6.14. The Morgan fingerprint density at radius 1 is 1.42 bits per heavy atom. The summed E-state index contributed by atoms with van der Waals surface area (Å²) in [5, 5.41) is 12.0. The Labute approximate surface area is 112 Å². The summed E-state index contributed by atoms with van der Waals surface area (Å²) >= 11 is 0. The van der Waals surface area contributed by atoms with E-state index >= 15 is 0 Å². The molecule has 0 radical (unpaired) electrons. The van der Waals surface area contributed by atoms with Gasteiger partial charge in [0.25, 0.3) is 0 Å². The van der Waals surface area contributed by atoms with E-state index in [1.807, 2.05) is 38.1 Å². The van der Waals surface area contributed by atoms with Gasteiger partial charge in [-0.05, 0) is 32.9 Å². The number of carbonyl (C=O) groups is 1. The minimum atomic E-state index is -1.01. The second-order valence-corrected chi connectivity index (χ2v) is 4.61. The lowest BCUT2D eigenvalue weighted by molar-refractivity contribution is -0.129. The number of para-hydroxylation sites is 2. The fourth-order valence-corrected chi connectivity index (χ4v) is 2.16. The number of aliphatic hydroxyl groups excluding tert-OH is 1. The highest BCUT2D eigenvalue weighted by Gasteiger charge is 2.19. The number of hydrogen-bond acceptors (Lipinski definition) is 3. The maximum Gasteiger partial charge on any atom is 0.249 e. The summed E-state index contributed by atoms with van der Waals surface area (Å²) in [4.78, 5) is 16.1. The predicted molar refractivity (Wildman–Crippen MR) is 73.6 cm³/mol. The molecule has 0 aliphatic rings. The van der Waals surface area contributed by atoms with E-state index < -0.39 is 6.10 Å². The van der Waals surface area contributed by atoms with Gasteiger partial charge >= 0.3 is 0 Å². The number of hydrogen-bond donors (Lipinski definition) is 2. The van der Waals surface area contributed by atoms with Gasteiger partial charge in [0.2, 0.25) is 5.91 Å². The Balaban J connectivity index is 2.36. The first-order chi connectivity index (χ1) is 9.04. The molecule has 2 unspecified atom stereocenters. The van der Waals surface area contributed by atoms with Crippen molar-refractivity contribution < 1.29 is 9.90 Å². The van der Waals surface area contributed by atoms with Gasteiger partial charge < -0.3 is 15.0 Å². The zero-order valence-corrected chi connectivity index (χ0v) is 11.4. The van der Waals surface area contributed by atoms with Crippen molar-refractivity contribution in [3.05, 3.63) is 30.1 Å². The topological polar surface area (TPSA) is 67.2 Å². The second-order valence-electron chi connectivity index (χ2n) is 4.61. The molecule has 2 atom stereocenters. The van der Waals surface area contributed by atoms with Crippen molar-refractivity contribution >= 4 is 16.9 Å². The molecule has 2 N–H and O–H groups in total. The Hall–Kier alpha value is -1.88. The minimum Gasteiger partial charge on any atom is -0.384 e. The number of carbonyl (C=O) groups excluding carboxylic acids is 1. The molecule has 1 aromatic heterocycles. The van der Waals surface area contributed by atoms with Crippen LogP contribution in [0.2, 0.25) is 0 Å². The van der Waals surface area contributed by atoms with Crippen LogP contribution in [0.3, 0.4) is 0 Å². The zero-order valence-electron chi connectivity index (χ0n) is 11.4. The summed E-state index contributed by atoms with van der Waals surface area (Å²) < 4.78 is 2.07. The highest BCUT2D eigenvalue weighted by Crippen LogP contribution is 2.20. The van der Waals surface area contributed by atoms with Gasteiger partial charge in [0.1, 0.15) is 11.9 Å². The van der Waals surface area contributed by atoms with Crippen LogP contribution in [0, 0.1) is 0 Å². The largest absolute Gasteiger partial charge is 0.384 e. The van der Waals surface area contributed by atoms with Crippen LogP contribution in [-0.4, -0.2) is 26.7 Å². The lowest BCUT2D eigenvalue weighted by atomic mass is 10.2. The lowest BCUT2D eigenvalue weighted by Gasteiger charge is -2.16. The van der Waals surface area contributed by atoms with Crippen LogP contribution in [0.25, 0.3) is 11.0 Å². The third kappa shape index (κ3) is 2.61. The monoisotopic (exact) mass is 261 g/mol. The number of aryl methyl sites for hydroxylation is 1. The average Bonchev–Trinajstić information content (AvgIpc) is 2.76. The Bertz CT molecular complexity index is 589.